The topological polar surface area (TPSA) is 97.7 Å². The van der Waals surface area contributed by atoms with Gasteiger partial charge in [0.2, 0.25) is 0 Å². The molecule has 0 aliphatic rings. The molecule has 0 saturated carbocycles. The normalized spacial score (nSPS) is 10.6. The molecule has 0 amide bonds. The Morgan fingerprint density at radius 3 is 2.56 bits per heavy atom. The van der Waals surface area contributed by atoms with Crippen LogP contribution in [0.25, 0.3) is 6.08 Å². The SMILES string of the molecule is O=C(O)C(=O)/C=C/c1ccc(CO)cc1[O-]. The molecule has 0 unspecified atom stereocenters. The summed E-state index contributed by atoms with van der Waals surface area (Å²) in [7, 11) is 0. The Morgan fingerprint density at radius 2 is 2.06 bits per heavy atom. The molecule has 0 aromatic heterocycles. The molecule has 0 saturated heterocycles. The first kappa shape index (κ1) is 11.9. The van der Waals surface area contributed by atoms with E-state index in [4.69, 9.17) is 10.2 Å². The van der Waals surface area contributed by atoms with Gasteiger partial charge in [0.15, 0.2) is 0 Å². The number of aliphatic hydroxyl groups is 1. The van der Waals surface area contributed by atoms with Crippen LogP contribution in [-0.4, -0.2) is 22.0 Å². The Kier molecular flexibility index (Phi) is 3.79. The van der Waals surface area contributed by atoms with E-state index in [-0.39, 0.29) is 17.9 Å². The maximum absolute atomic E-state index is 11.4. The van der Waals surface area contributed by atoms with Gasteiger partial charge in [0, 0.05) is 0 Å². The quantitative estimate of drug-likeness (QED) is 0.547. The van der Waals surface area contributed by atoms with Crippen molar-refractivity contribution in [2.45, 2.75) is 6.61 Å². The molecule has 84 valence electrons. The lowest BCUT2D eigenvalue weighted by Crippen LogP contribution is -2.08. The molecule has 0 spiro atoms. The second-order valence-electron chi connectivity index (χ2n) is 3.03. The highest BCUT2D eigenvalue weighted by molar-refractivity contribution is 6.38. The smallest absolute Gasteiger partial charge is 0.376 e. The van der Waals surface area contributed by atoms with Gasteiger partial charge in [-0.1, -0.05) is 24.3 Å². The number of hydrogen-bond acceptors (Lipinski definition) is 4. The summed E-state index contributed by atoms with van der Waals surface area (Å²) in [6.07, 6.45) is 1.96. The number of carbonyl (C=O) groups excluding carboxylic acids is 1. The lowest BCUT2D eigenvalue weighted by molar-refractivity contribution is -0.268. The lowest BCUT2D eigenvalue weighted by atomic mass is 10.1. The van der Waals surface area contributed by atoms with Gasteiger partial charge in [-0.05, 0) is 17.2 Å². The summed E-state index contributed by atoms with van der Waals surface area (Å²) in [5.74, 6) is -3.04. The van der Waals surface area contributed by atoms with Crippen molar-refractivity contribution in [1.29, 1.82) is 0 Å². The van der Waals surface area contributed by atoms with Crippen LogP contribution in [0.3, 0.4) is 0 Å². The van der Waals surface area contributed by atoms with Crippen LogP contribution in [0.1, 0.15) is 11.1 Å². The minimum absolute atomic E-state index is 0.201. The molecule has 16 heavy (non-hydrogen) atoms. The van der Waals surface area contributed by atoms with E-state index in [0.29, 0.717) is 5.56 Å². The number of aliphatic hydroxyl groups excluding tert-OH is 1. The molecule has 5 heteroatoms. The van der Waals surface area contributed by atoms with Crippen LogP contribution in [0.5, 0.6) is 5.75 Å². The molecule has 0 heterocycles. The number of ketones is 1. The van der Waals surface area contributed by atoms with Crippen molar-refractivity contribution >= 4 is 17.8 Å². The minimum Gasteiger partial charge on any atom is -0.872 e. The van der Waals surface area contributed by atoms with Crippen molar-refractivity contribution < 1.29 is 24.9 Å². The molecule has 1 aromatic carbocycles. The first-order valence-corrected chi connectivity index (χ1v) is 4.40. The average Bonchev–Trinajstić information content (AvgIpc) is 2.26. The largest absolute Gasteiger partial charge is 0.872 e. The summed E-state index contributed by atoms with van der Waals surface area (Å²) >= 11 is 0. The van der Waals surface area contributed by atoms with Crippen molar-refractivity contribution in [3.05, 3.63) is 35.4 Å². The fourth-order valence-corrected chi connectivity index (χ4v) is 1.05. The maximum atomic E-state index is 11.4. The molecular formula is C11H9O5-. The van der Waals surface area contributed by atoms with Crippen LogP contribution in [0, 0.1) is 0 Å². The van der Waals surface area contributed by atoms with Crippen LogP contribution in [-0.2, 0) is 16.2 Å². The predicted molar refractivity (Wildman–Crippen MR) is 53.5 cm³/mol. The highest BCUT2D eigenvalue weighted by Gasteiger charge is 2.05. The van der Waals surface area contributed by atoms with Crippen molar-refractivity contribution in [3.8, 4) is 5.75 Å². The Labute approximate surface area is 91.3 Å². The lowest BCUT2D eigenvalue weighted by Gasteiger charge is -2.11. The standard InChI is InChI=1S/C11H10O5/c12-6-7-1-2-8(10(14)5-7)3-4-9(13)11(15)16/h1-5,12,14H,6H2,(H,15,16)/p-1/b4-3+. The third-order valence-electron chi connectivity index (χ3n) is 1.89. The van der Waals surface area contributed by atoms with Crippen LogP contribution in [0.2, 0.25) is 0 Å². The predicted octanol–water partition coefficient (Wildman–Crippen LogP) is -0.0806. The zero-order valence-corrected chi connectivity index (χ0v) is 8.21. The van der Waals surface area contributed by atoms with Crippen LogP contribution >= 0.6 is 0 Å². The van der Waals surface area contributed by atoms with Gasteiger partial charge < -0.3 is 15.3 Å². The van der Waals surface area contributed by atoms with Crippen molar-refractivity contribution in [3.63, 3.8) is 0 Å². The molecule has 0 aliphatic heterocycles. The number of hydrogen-bond donors (Lipinski definition) is 2. The number of carbonyl (C=O) groups is 2. The minimum atomic E-state index is -1.57. The zero-order valence-electron chi connectivity index (χ0n) is 8.21. The second-order valence-corrected chi connectivity index (χ2v) is 3.03. The van der Waals surface area contributed by atoms with E-state index in [1.54, 1.807) is 0 Å². The monoisotopic (exact) mass is 221 g/mol. The highest BCUT2D eigenvalue weighted by Crippen LogP contribution is 2.17. The fraction of sp³-hybridized carbons (Fsp3) is 0.0909. The average molecular weight is 221 g/mol. The second kappa shape index (κ2) is 5.09. The molecule has 5 nitrogen and oxygen atoms in total. The number of carboxylic acid groups (broad SMARTS) is 1. The molecule has 2 N–H and O–H groups in total. The van der Waals surface area contributed by atoms with Crippen molar-refractivity contribution in [2.24, 2.45) is 0 Å². The maximum Gasteiger partial charge on any atom is 0.376 e. The van der Waals surface area contributed by atoms with E-state index in [9.17, 15) is 14.7 Å². The fourth-order valence-electron chi connectivity index (χ4n) is 1.05. The van der Waals surface area contributed by atoms with E-state index in [0.717, 1.165) is 12.2 Å². The van der Waals surface area contributed by atoms with E-state index in [1.165, 1.54) is 18.2 Å². The number of carboxylic acids is 1. The first-order chi connectivity index (χ1) is 7.54. The van der Waals surface area contributed by atoms with Crippen molar-refractivity contribution in [2.75, 3.05) is 0 Å². The molecule has 0 bridgehead atoms. The molecule has 1 aromatic rings. The van der Waals surface area contributed by atoms with E-state index >= 15 is 0 Å². The summed E-state index contributed by atoms with van der Waals surface area (Å²) in [4.78, 5) is 20.9. The molecule has 0 aliphatic carbocycles. The van der Waals surface area contributed by atoms with E-state index < -0.39 is 11.8 Å². The summed E-state index contributed by atoms with van der Waals surface area (Å²) in [5.41, 5.74) is 0.665. The Bertz CT molecular complexity index is 448. The third-order valence-corrected chi connectivity index (χ3v) is 1.89. The van der Waals surface area contributed by atoms with Gasteiger partial charge in [-0.25, -0.2) is 4.79 Å². The molecular weight excluding hydrogens is 212 g/mol. The van der Waals surface area contributed by atoms with Gasteiger partial charge in [-0.3, -0.25) is 4.79 Å². The highest BCUT2D eigenvalue weighted by atomic mass is 16.4. The summed E-state index contributed by atoms with van der Waals surface area (Å²) in [6, 6.07) is 4.16. The number of rotatable bonds is 4. The van der Waals surface area contributed by atoms with E-state index in [2.05, 4.69) is 0 Å². The Balaban J connectivity index is 2.90. The van der Waals surface area contributed by atoms with Gasteiger partial charge in [0.25, 0.3) is 5.78 Å². The Hall–Kier alpha value is -2.14. The van der Waals surface area contributed by atoms with Crippen molar-refractivity contribution in [1.82, 2.24) is 0 Å². The van der Waals surface area contributed by atoms with Crippen LogP contribution in [0.15, 0.2) is 24.3 Å². The molecule has 0 fully saturated rings. The first-order valence-electron chi connectivity index (χ1n) is 4.40. The third kappa shape index (κ3) is 2.93. The van der Waals surface area contributed by atoms with Crippen LogP contribution in [0.4, 0.5) is 0 Å². The number of aliphatic carboxylic acids is 1. The van der Waals surface area contributed by atoms with Crippen LogP contribution < -0.4 is 5.11 Å². The van der Waals surface area contributed by atoms with Gasteiger partial charge in [0.1, 0.15) is 0 Å². The summed E-state index contributed by atoms with van der Waals surface area (Å²) < 4.78 is 0. The zero-order chi connectivity index (χ0) is 12.1. The van der Waals surface area contributed by atoms with Gasteiger partial charge in [0.05, 0.1) is 6.61 Å². The Morgan fingerprint density at radius 1 is 1.38 bits per heavy atom. The van der Waals surface area contributed by atoms with Gasteiger partial charge in [-0.2, -0.15) is 0 Å². The molecule has 0 radical (unpaired) electrons. The summed E-state index contributed by atoms with van der Waals surface area (Å²) in [5, 5.41) is 28.4. The van der Waals surface area contributed by atoms with E-state index in [1.807, 2.05) is 0 Å². The summed E-state index contributed by atoms with van der Waals surface area (Å²) in [6.45, 7) is -0.243. The van der Waals surface area contributed by atoms with Gasteiger partial charge >= 0.3 is 5.97 Å². The number of benzene rings is 1. The van der Waals surface area contributed by atoms with Gasteiger partial charge in [-0.15, -0.1) is 5.75 Å². The molecule has 0 atom stereocenters. The molecule has 1 rings (SSSR count).